The number of rotatable bonds is 3. The summed E-state index contributed by atoms with van der Waals surface area (Å²) in [6.45, 7) is 3.63. The van der Waals surface area contributed by atoms with E-state index in [1.807, 2.05) is 24.4 Å². The van der Waals surface area contributed by atoms with E-state index in [1.54, 1.807) is 17.4 Å². The van der Waals surface area contributed by atoms with Gasteiger partial charge in [-0.2, -0.15) is 0 Å². The highest BCUT2D eigenvalue weighted by Gasteiger charge is 2.21. The molecule has 1 aliphatic rings. The van der Waals surface area contributed by atoms with Gasteiger partial charge in [0.15, 0.2) is 12.1 Å². The second-order valence-electron chi connectivity index (χ2n) is 6.19. The van der Waals surface area contributed by atoms with Crippen molar-refractivity contribution in [3.8, 4) is 11.1 Å². The number of aldehydes is 1. The lowest BCUT2D eigenvalue weighted by atomic mass is 10.0. The normalized spacial score (nSPS) is 14.5. The van der Waals surface area contributed by atoms with Crippen molar-refractivity contribution in [3.05, 3.63) is 53.6 Å². The number of carbonyl (C=O) groups is 1. The topological polar surface area (TPSA) is 37.6 Å². The van der Waals surface area contributed by atoms with Gasteiger partial charge in [0.25, 0.3) is 0 Å². The van der Waals surface area contributed by atoms with Gasteiger partial charge in [-0.15, -0.1) is 0 Å². The first-order valence-electron chi connectivity index (χ1n) is 8.17. The number of aromatic nitrogens is 2. The predicted octanol–water partition coefficient (Wildman–Crippen LogP) is 3.86. The van der Waals surface area contributed by atoms with E-state index < -0.39 is 0 Å². The molecule has 1 saturated heterocycles. The van der Waals surface area contributed by atoms with E-state index >= 15 is 0 Å². The van der Waals surface area contributed by atoms with E-state index in [-0.39, 0.29) is 5.82 Å². The number of imidazole rings is 1. The molecule has 0 radical (unpaired) electrons. The Balaban J connectivity index is 1.88. The number of nitrogens with zero attached hydrogens (tertiary/aromatic N) is 3. The molecule has 1 fully saturated rings. The third kappa shape index (κ3) is 2.28. The molecule has 2 aromatic heterocycles. The standard InChI is InChI=1S/C19H18FN3O/c1-13-15(5-4-6-16(13)20)14-7-8-18-21-19(22-9-2-3-10-22)17(12-24)23(18)11-14/h4-8,11-12H,2-3,9-10H2,1H3. The Morgan fingerprint density at radius 3 is 2.71 bits per heavy atom. The SMILES string of the molecule is Cc1c(F)cccc1-c1ccc2nc(N3CCCC3)c(C=O)n2c1. The molecule has 0 unspecified atom stereocenters. The van der Waals surface area contributed by atoms with Crippen LogP contribution in [-0.2, 0) is 0 Å². The van der Waals surface area contributed by atoms with Gasteiger partial charge in [-0.05, 0) is 54.7 Å². The van der Waals surface area contributed by atoms with Gasteiger partial charge in [0.2, 0.25) is 0 Å². The molecule has 5 heteroatoms. The zero-order valence-corrected chi connectivity index (χ0v) is 13.5. The number of halogens is 1. The van der Waals surface area contributed by atoms with Crippen LogP contribution < -0.4 is 4.90 Å². The van der Waals surface area contributed by atoms with Gasteiger partial charge < -0.3 is 4.90 Å². The lowest BCUT2D eigenvalue weighted by Crippen LogP contribution is -2.19. The van der Waals surface area contributed by atoms with E-state index in [9.17, 15) is 9.18 Å². The van der Waals surface area contributed by atoms with Crippen molar-refractivity contribution in [2.24, 2.45) is 0 Å². The zero-order chi connectivity index (χ0) is 16.7. The summed E-state index contributed by atoms with van der Waals surface area (Å²) >= 11 is 0. The minimum absolute atomic E-state index is 0.230. The molecule has 1 aliphatic heterocycles. The Kier molecular flexibility index (Phi) is 3.56. The maximum Gasteiger partial charge on any atom is 0.170 e. The molecule has 4 nitrogen and oxygen atoms in total. The summed E-state index contributed by atoms with van der Waals surface area (Å²) in [6, 6.07) is 8.85. The van der Waals surface area contributed by atoms with Crippen LogP contribution in [0.3, 0.4) is 0 Å². The number of carbonyl (C=O) groups excluding carboxylic acids is 1. The van der Waals surface area contributed by atoms with Crippen LogP contribution in [-0.4, -0.2) is 28.8 Å². The molecule has 122 valence electrons. The molecular formula is C19H18FN3O. The summed E-state index contributed by atoms with van der Waals surface area (Å²) in [7, 11) is 0. The van der Waals surface area contributed by atoms with Crippen molar-refractivity contribution in [1.82, 2.24) is 9.38 Å². The van der Waals surface area contributed by atoms with Crippen LogP contribution in [0.15, 0.2) is 36.5 Å². The van der Waals surface area contributed by atoms with Gasteiger partial charge in [0, 0.05) is 19.3 Å². The van der Waals surface area contributed by atoms with E-state index in [0.717, 1.165) is 54.8 Å². The molecule has 3 heterocycles. The molecule has 0 atom stereocenters. The molecule has 0 amide bonds. The van der Waals surface area contributed by atoms with Gasteiger partial charge in [-0.3, -0.25) is 9.20 Å². The Hall–Kier alpha value is -2.69. The summed E-state index contributed by atoms with van der Waals surface area (Å²) in [6.07, 6.45) is 4.98. The number of anilines is 1. The Labute approximate surface area is 139 Å². The molecule has 0 aliphatic carbocycles. The number of fused-ring (bicyclic) bond motifs is 1. The Bertz CT molecular complexity index is 926. The smallest absolute Gasteiger partial charge is 0.170 e. The largest absolute Gasteiger partial charge is 0.355 e. The molecule has 3 aromatic rings. The van der Waals surface area contributed by atoms with Crippen molar-refractivity contribution in [2.45, 2.75) is 19.8 Å². The van der Waals surface area contributed by atoms with Crippen LogP contribution in [0.25, 0.3) is 16.8 Å². The first kappa shape index (κ1) is 14.9. The van der Waals surface area contributed by atoms with E-state index in [0.29, 0.717) is 11.3 Å². The number of hydrogen-bond acceptors (Lipinski definition) is 3. The fourth-order valence-electron chi connectivity index (χ4n) is 3.40. The summed E-state index contributed by atoms with van der Waals surface area (Å²) < 4.78 is 15.7. The van der Waals surface area contributed by atoms with E-state index in [2.05, 4.69) is 9.88 Å². The maximum atomic E-state index is 13.9. The molecular weight excluding hydrogens is 305 g/mol. The van der Waals surface area contributed by atoms with Crippen LogP contribution in [0.4, 0.5) is 10.2 Å². The van der Waals surface area contributed by atoms with E-state index in [1.165, 1.54) is 6.07 Å². The molecule has 24 heavy (non-hydrogen) atoms. The number of benzene rings is 1. The molecule has 0 saturated carbocycles. The minimum Gasteiger partial charge on any atom is -0.355 e. The summed E-state index contributed by atoms with van der Waals surface area (Å²) in [5.41, 5.74) is 3.59. The van der Waals surface area contributed by atoms with Gasteiger partial charge in [-0.1, -0.05) is 12.1 Å². The highest BCUT2D eigenvalue weighted by molar-refractivity contribution is 5.84. The lowest BCUT2D eigenvalue weighted by molar-refractivity contribution is 0.111. The van der Waals surface area contributed by atoms with Gasteiger partial charge >= 0.3 is 0 Å². The van der Waals surface area contributed by atoms with Gasteiger partial charge in [0.05, 0.1) is 0 Å². The number of hydrogen-bond donors (Lipinski definition) is 0. The average molecular weight is 323 g/mol. The molecule has 1 aromatic carbocycles. The number of pyridine rings is 1. The summed E-state index contributed by atoms with van der Waals surface area (Å²) in [4.78, 5) is 18.5. The molecule has 0 N–H and O–H groups in total. The van der Waals surface area contributed by atoms with Crippen LogP contribution in [0.5, 0.6) is 0 Å². The quantitative estimate of drug-likeness (QED) is 0.687. The first-order valence-corrected chi connectivity index (χ1v) is 8.17. The van der Waals surface area contributed by atoms with Crippen molar-refractivity contribution in [1.29, 1.82) is 0 Å². The van der Waals surface area contributed by atoms with Crippen molar-refractivity contribution < 1.29 is 9.18 Å². The molecule has 4 rings (SSSR count). The van der Waals surface area contributed by atoms with Crippen LogP contribution in [0.2, 0.25) is 0 Å². The first-order chi connectivity index (χ1) is 11.7. The third-order valence-electron chi connectivity index (χ3n) is 4.73. The highest BCUT2D eigenvalue weighted by atomic mass is 19.1. The Morgan fingerprint density at radius 2 is 1.96 bits per heavy atom. The van der Waals surface area contributed by atoms with Crippen LogP contribution in [0.1, 0.15) is 28.9 Å². The van der Waals surface area contributed by atoms with E-state index in [4.69, 9.17) is 0 Å². The summed E-state index contributed by atoms with van der Waals surface area (Å²) in [5.74, 6) is 0.516. The monoisotopic (exact) mass is 323 g/mol. The summed E-state index contributed by atoms with van der Waals surface area (Å²) in [5, 5.41) is 0. The lowest BCUT2D eigenvalue weighted by Gasteiger charge is -2.14. The Morgan fingerprint density at radius 1 is 1.17 bits per heavy atom. The van der Waals surface area contributed by atoms with Crippen molar-refractivity contribution in [3.63, 3.8) is 0 Å². The fraction of sp³-hybridized carbons (Fsp3) is 0.263. The predicted molar refractivity (Wildman–Crippen MR) is 92.2 cm³/mol. The highest BCUT2D eigenvalue weighted by Crippen LogP contribution is 2.29. The second kappa shape index (κ2) is 5.74. The van der Waals surface area contributed by atoms with Crippen molar-refractivity contribution >= 4 is 17.8 Å². The fourth-order valence-corrected chi connectivity index (χ4v) is 3.40. The molecule has 0 spiro atoms. The maximum absolute atomic E-state index is 13.9. The van der Waals surface area contributed by atoms with Gasteiger partial charge in [0.1, 0.15) is 17.2 Å². The van der Waals surface area contributed by atoms with Crippen LogP contribution >= 0.6 is 0 Å². The van der Waals surface area contributed by atoms with Gasteiger partial charge in [-0.25, -0.2) is 9.37 Å². The minimum atomic E-state index is -0.230. The zero-order valence-electron chi connectivity index (χ0n) is 13.5. The van der Waals surface area contributed by atoms with Crippen molar-refractivity contribution in [2.75, 3.05) is 18.0 Å². The third-order valence-corrected chi connectivity index (χ3v) is 4.73. The average Bonchev–Trinajstić information content (AvgIpc) is 3.23. The second-order valence-corrected chi connectivity index (χ2v) is 6.19. The molecule has 0 bridgehead atoms. The van der Waals surface area contributed by atoms with Crippen LogP contribution in [0, 0.1) is 12.7 Å².